The molecule has 2 aromatic heterocycles. The van der Waals surface area contributed by atoms with Gasteiger partial charge in [0.05, 0.1) is 12.2 Å². The highest BCUT2D eigenvalue weighted by atomic mass is 35.5. The van der Waals surface area contributed by atoms with E-state index in [0.717, 1.165) is 34.3 Å². The van der Waals surface area contributed by atoms with Crippen LogP contribution in [-0.2, 0) is 16.1 Å². The van der Waals surface area contributed by atoms with E-state index in [-0.39, 0.29) is 12.5 Å². The van der Waals surface area contributed by atoms with Crippen molar-refractivity contribution in [2.75, 3.05) is 13.2 Å². The van der Waals surface area contributed by atoms with Crippen molar-refractivity contribution in [1.29, 1.82) is 0 Å². The highest BCUT2D eigenvalue weighted by Crippen LogP contribution is 2.29. The SMILES string of the molecule is CCCCNC(=O)COC(=O)c1cc2c(C)nn(Cc3ccc(Cl)cc3)c2s1. The van der Waals surface area contributed by atoms with Crippen molar-refractivity contribution in [2.24, 2.45) is 0 Å². The Morgan fingerprint density at radius 2 is 2.04 bits per heavy atom. The van der Waals surface area contributed by atoms with Crippen LogP contribution in [0, 0.1) is 6.92 Å². The van der Waals surface area contributed by atoms with Gasteiger partial charge in [-0.05, 0) is 37.1 Å². The summed E-state index contributed by atoms with van der Waals surface area (Å²) < 4.78 is 7.01. The maximum Gasteiger partial charge on any atom is 0.348 e. The summed E-state index contributed by atoms with van der Waals surface area (Å²) in [5.41, 5.74) is 1.91. The molecule has 0 aliphatic carbocycles. The minimum Gasteiger partial charge on any atom is -0.451 e. The van der Waals surface area contributed by atoms with Gasteiger partial charge in [0.2, 0.25) is 0 Å². The number of carbonyl (C=O) groups excluding carboxylic acids is 2. The quantitative estimate of drug-likeness (QED) is 0.439. The van der Waals surface area contributed by atoms with Crippen LogP contribution in [0.2, 0.25) is 5.02 Å². The van der Waals surface area contributed by atoms with Gasteiger partial charge in [-0.25, -0.2) is 4.79 Å². The second-order valence-corrected chi connectivity index (χ2v) is 7.95. The second-order valence-electron chi connectivity index (χ2n) is 6.48. The van der Waals surface area contributed by atoms with E-state index in [1.807, 2.05) is 42.8 Å². The number of hydrogen-bond donors (Lipinski definition) is 1. The summed E-state index contributed by atoms with van der Waals surface area (Å²) in [6.45, 7) is 4.85. The Balaban J connectivity index is 1.69. The molecule has 1 aromatic carbocycles. The average Bonchev–Trinajstić information content (AvgIpc) is 3.23. The first-order valence-electron chi connectivity index (χ1n) is 9.13. The number of aromatic nitrogens is 2. The van der Waals surface area contributed by atoms with Gasteiger partial charge < -0.3 is 10.1 Å². The highest BCUT2D eigenvalue weighted by Gasteiger charge is 2.18. The molecule has 0 atom stereocenters. The predicted octanol–water partition coefficient (Wildman–Crippen LogP) is 4.18. The van der Waals surface area contributed by atoms with Gasteiger partial charge in [0, 0.05) is 17.0 Å². The van der Waals surface area contributed by atoms with Crippen LogP contribution in [0.1, 0.15) is 40.7 Å². The molecule has 8 heteroatoms. The number of ether oxygens (including phenoxy) is 1. The van der Waals surface area contributed by atoms with Gasteiger partial charge in [-0.3, -0.25) is 9.48 Å². The van der Waals surface area contributed by atoms with Crippen molar-refractivity contribution in [3.63, 3.8) is 0 Å². The van der Waals surface area contributed by atoms with Crippen LogP contribution < -0.4 is 5.32 Å². The average molecular weight is 420 g/mol. The van der Waals surface area contributed by atoms with Crippen LogP contribution in [0.5, 0.6) is 0 Å². The number of aryl methyl sites for hydroxylation is 1. The molecule has 0 bridgehead atoms. The minimum absolute atomic E-state index is 0.271. The zero-order valence-corrected chi connectivity index (χ0v) is 17.4. The molecule has 6 nitrogen and oxygen atoms in total. The molecule has 3 aromatic rings. The molecule has 1 amide bonds. The number of unbranched alkanes of at least 4 members (excludes halogenated alkanes) is 1. The van der Waals surface area contributed by atoms with Gasteiger partial charge in [-0.1, -0.05) is 37.1 Å². The lowest BCUT2D eigenvalue weighted by Crippen LogP contribution is -2.29. The van der Waals surface area contributed by atoms with Crippen LogP contribution in [0.4, 0.5) is 0 Å². The van der Waals surface area contributed by atoms with Crippen molar-refractivity contribution in [1.82, 2.24) is 15.1 Å². The predicted molar refractivity (Wildman–Crippen MR) is 111 cm³/mol. The van der Waals surface area contributed by atoms with Crippen LogP contribution >= 0.6 is 22.9 Å². The number of nitrogens with zero attached hydrogens (tertiary/aromatic N) is 2. The van der Waals surface area contributed by atoms with E-state index in [4.69, 9.17) is 16.3 Å². The van der Waals surface area contributed by atoms with E-state index in [9.17, 15) is 9.59 Å². The first kappa shape index (κ1) is 20.4. The maximum absolute atomic E-state index is 12.3. The molecule has 0 spiro atoms. The van der Waals surface area contributed by atoms with Crippen LogP contribution in [0.25, 0.3) is 10.2 Å². The monoisotopic (exact) mass is 419 g/mol. The Bertz CT molecular complexity index is 979. The smallest absolute Gasteiger partial charge is 0.348 e. The summed E-state index contributed by atoms with van der Waals surface area (Å²) in [4.78, 5) is 25.4. The van der Waals surface area contributed by atoms with E-state index in [2.05, 4.69) is 10.4 Å². The summed E-state index contributed by atoms with van der Waals surface area (Å²) >= 11 is 7.26. The lowest BCUT2D eigenvalue weighted by molar-refractivity contribution is -0.124. The molecule has 0 aliphatic rings. The van der Waals surface area contributed by atoms with E-state index in [1.54, 1.807) is 6.07 Å². The minimum atomic E-state index is -0.496. The summed E-state index contributed by atoms with van der Waals surface area (Å²) in [6.07, 6.45) is 1.90. The first-order valence-corrected chi connectivity index (χ1v) is 10.3. The van der Waals surface area contributed by atoms with Crippen molar-refractivity contribution in [3.8, 4) is 0 Å². The fourth-order valence-electron chi connectivity index (χ4n) is 2.74. The molecule has 0 unspecified atom stereocenters. The normalized spacial score (nSPS) is 11.0. The number of amides is 1. The Labute approximate surface area is 172 Å². The van der Waals surface area contributed by atoms with E-state index in [0.29, 0.717) is 23.0 Å². The number of benzene rings is 1. The summed E-state index contributed by atoms with van der Waals surface area (Å²) in [6, 6.07) is 9.36. The van der Waals surface area contributed by atoms with Crippen molar-refractivity contribution >= 4 is 45.0 Å². The van der Waals surface area contributed by atoms with Crippen LogP contribution in [0.15, 0.2) is 30.3 Å². The van der Waals surface area contributed by atoms with Gasteiger partial charge in [-0.15, -0.1) is 11.3 Å². The molecule has 0 fully saturated rings. The number of nitrogens with one attached hydrogen (secondary N) is 1. The molecule has 0 aliphatic heterocycles. The van der Waals surface area contributed by atoms with E-state index < -0.39 is 5.97 Å². The number of fused-ring (bicyclic) bond motifs is 1. The van der Waals surface area contributed by atoms with Gasteiger partial charge in [0.1, 0.15) is 9.71 Å². The lowest BCUT2D eigenvalue weighted by Gasteiger charge is -2.05. The molecule has 0 saturated heterocycles. The third-order valence-corrected chi connectivity index (χ3v) is 5.62. The van der Waals surface area contributed by atoms with Gasteiger partial charge >= 0.3 is 5.97 Å². The number of hydrogen-bond acceptors (Lipinski definition) is 5. The number of rotatable bonds is 8. The van der Waals surface area contributed by atoms with Crippen LogP contribution in [-0.4, -0.2) is 34.8 Å². The number of esters is 1. The summed E-state index contributed by atoms with van der Waals surface area (Å²) in [5.74, 6) is -0.780. The molecule has 0 radical (unpaired) electrons. The van der Waals surface area contributed by atoms with Crippen molar-refractivity contribution in [3.05, 3.63) is 51.5 Å². The molecule has 1 N–H and O–H groups in total. The molecule has 3 rings (SSSR count). The molecule has 28 heavy (non-hydrogen) atoms. The first-order chi connectivity index (χ1) is 13.5. The van der Waals surface area contributed by atoms with Gasteiger partial charge in [0.25, 0.3) is 5.91 Å². The standard InChI is InChI=1S/C20H22ClN3O3S/c1-3-4-9-22-18(25)12-27-20(26)17-10-16-13(2)23-24(19(16)28-17)11-14-5-7-15(21)8-6-14/h5-8,10H,3-4,9,11-12H2,1-2H3,(H,22,25). The number of thiophene rings is 1. The summed E-state index contributed by atoms with van der Waals surface area (Å²) in [5, 5.41) is 8.89. The molecule has 2 heterocycles. The third-order valence-electron chi connectivity index (χ3n) is 4.24. The largest absolute Gasteiger partial charge is 0.451 e. The summed E-state index contributed by atoms with van der Waals surface area (Å²) in [7, 11) is 0. The highest BCUT2D eigenvalue weighted by molar-refractivity contribution is 7.20. The lowest BCUT2D eigenvalue weighted by atomic mass is 10.2. The Morgan fingerprint density at radius 1 is 1.29 bits per heavy atom. The maximum atomic E-state index is 12.3. The fraction of sp³-hybridized carbons (Fsp3) is 0.350. The van der Waals surface area contributed by atoms with Gasteiger partial charge in [0.15, 0.2) is 6.61 Å². The topological polar surface area (TPSA) is 73.2 Å². The number of halogens is 1. The van der Waals surface area contributed by atoms with E-state index in [1.165, 1.54) is 11.3 Å². The molecular weight excluding hydrogens is 398 g/mol. The van der Waals surface area contributed by atoms with E-state index >= 15 is 0 Å². The zero-order valence-electron chi connectivity index (χ0n) is 15.8. The number of carbonyl (C=O) groups is 2. The van der Waals surface area contributed by atoms with Gasteiger partial charge in [-0.2, -0.15) is 5.10 Å². The molecule has 148 valence electrons. The second kappa shape index (κ2) is 9.21. The zero-order chi connectivity index (χ0) is 20.1. The third kappa shape index (κ3) is 4.91. The fourth-order valence-corrected chi connectivity index (χ4v) is 3.92. The Morgan fingerprint density at radius 3 is 2.75 bits per heavy atom. The molecule has 0 saturated carbocycles. The van der Waals surface area contributed by atoms with Crippen LogP contribution in [0.3, 0.4) is 0 Å². The Kier molecular flexibility index (Phi) is 6.70. The Hall–Kier alpha value is -2.38. The molecular formula is C20H22ClN3O3S. The van der Waals surface area contributed by atoms with Crippen molar-refractivity contribution < 1.29 is 14.3 Å². The van der Waals surface area contributed by atoms with Crippen molar-refractivity contribution in [2.45, 2.75) is 33.2 Å².